The molecule has 1 atom stereocenters. The lowest BCUT2D eigenvalue weighted by Gasteiger charge is -2.24. The number of anilines is 1. The Hall–Kier alpha value is -0.540. The van der Waals surface area contributed by atoms with Crippen molar-refractivity contribution in [3.8, 4) is 0 Å². The van der Waals surface area contributed by atoms with Gasteiger partial charge in [0, 0.05) is 17.6 Å². The third-order valence-electron chi connectivity index (χ3n) is 4.38. The average molecular weight is 323 g/mol. The third kappa shape index (κ3) is 3.32. The Bertz CT molecular complexity index is 421. The van der Waals surface area contributed by atoms with E-state index in [9.17, 15) is 0 Å². The van der Waals surface area contributed by atoms with E-state index in [0.717, 1.165) is 5.92 Å². The molecule has 2 nitrogen and oxygen atoms in total. The molecule has 2 aliphatic rings. The van der Waals surface area contributed by atoms with Crippen LogP contribution in [0, 0.1) is 5.92 Å². The number of halogens is 1. The fraction of sp³-hybridized carbons (Fsp3) is 0.625. The van der Waals surface area contributed by atoms with Crippen LogP contribution in [0.5, 0.6) is 0 Å². The maximum Gasteiger partial charge on any atom is 0.0510 e. The fourth-order valence-corrected chi connectivity index (χ4v) is 4.00. The predicted octanol–water partition coefficient (Wildman–Crippen LogP) is 3.59. The molecule has 104 valence electrons. The van der Waals surface area contributed by atoms with Crippen LogP contribution < -0.4 is 10.2 Å². The molecular formula is C16H23BrN2. The molecule has 19 heavy (non-hydrogen) atoms. The maximum atomic E-state index is 3.76. The van der Waals surface area contributed by atoms with Gasteiger partial charge >= 0.3 is 0 Å². The summed E-state index contributed by atoms with van der Waals surface area (Å²) >= 11 is 3.76. The second kappa shape index (κ2) is 6.27. The monoisotopic (exact) mass is 322 g/mol. The second-order valence-electron chi connectivity index (χ2n) is 5.90. The summed E-state index contributed by atoms with van der Waals surface area (Å²) in [7, 11) is 0. The first kappa shape index (κ1) is 13.4. The van der Waals surface area contributed by atoms with Crippen LogP contribution in [0.15, 0.2) is 22.7 Å². The minimum Gasteiger partial charge on any atom is -0.371 e. The van der Waals surface area contributed by atoms with Crippen LogP contribution >= 0.6 is 15.9 Å². The number of hydrogen-bond acceptors (Lipinski definition) is 2. The molecule has 1 aromatic rings. The highest BCUT2D eigenvalue weighted by Gasteiger charge is 2.17. The highest BCUT2D eigenvalue weighted by Crippen LogP contribution is 2.31. The van der Waals surface area contributed by atoms with E-state index in [0.29, 0.717) is 0 Å². The van der Waals surface area contributed by atoms with Crippen molar-refractivity contribution < 1.29 is 0 Å². The topological polar surface area (TPSA) is 15.3 Å². The summed E-state index contributed by atoms with van der Waals surface area (Å²) in [5.74, 6) is 0.818. The number of nitrogens with zero attached hydrogens (tertiary/aromatic N) is 1. The van der Waals surface area contributed by atoms with Crippen LogP contribution in [0.4, 0.5) is 5.69 Å². The van der Waals surface area contributed by atoms with Crippen molar-refractivity contribution in [2.75, 3.05) is 31.1 Å². The number of nitrogens with one attached hydrogen (secondary N) is 1. The van der Waals surface area contributed by atoms with E-state index >= 15 is 0 Å². The molecule has 1 aromatic carbocycles. The molecule has 0 saturated carbocycles. The summed E-state index contributed by atoms with van der Waals surface area (Å²) in [6.07, 6.45) is 6.59. The highest BCUT2D eigenvalue weighted by atomic mass is 79.9. The Morgan fingerprint density at radius 3 is 2.74 bits per heavy atom. The zero-order chi connectivity index (χ0) is 13.1. The molecule has 0 aromatic heterocycles. The Balaban J connectivity index is 1.67. The van der Waals surface area contributed by atoms with Gasteiger partial charge in [0.15, 0.2) is 0 Å². The normalized spacial score (nSPS) is 23.8. The lowest BCUT2D eigenvalue weighted by Crippen LogP contribution is -2.30. The lowest BCUT2D eigenvalue weighted by atomic mass is 9.92. The van der Waals surface area contributed by atoms with Crippen molar-refractivity contribution in [2.24, 2.45) is 5.92 Å². The molecule has 2 fully saturated rings. The molecule has 1 unspecified atom stereocenters. The first-order valence-electron chi connectivity index (χ1n) is 7.57. The van der Waals surface area contributed by atoms with Gasteiger partial charge < -0.3 is 10.2 Å². The van der Waals surface area contributed by atoms with Gasteiger partial charge in [0.1, 0.15) is 0 Å². The quantitative estimate of drug-likeness (QED) is 0.914. The van der Waals surface area contributed by atoms with Crippen LogP contribution in [0.25, 0.3) is 0 Å². The molecule has 0 radical (unpaired) electrons. The van der Waals surface area contributed by atoms with Crippen LogP contribution in [-0.4, -0.2) is 26.2 Å². The SMILES string of the molecule is Brc1cc(CC2CCCNC2)ccc1N1CCCC1. The Morgan fingerprint density at radius 1 is 1.21 bits per heavy atom. The first-order valence-corrected chi connectivity index (χ1v) is 8.36. The molecule has 2 saturated heterocycles. The van der Waals surface area contributed by atoms with Crippen molar-refractivity contribution in [1.82, 2.24) is 5.32 Å². The van der Waals surface area contributed by atoms with Gasteiger partial charge in [0.25, 0.3) is 0 Å². The minimum absolute atomic E-state index is 0.818. The van der Waals surface area contributed by atoms with Gasteiger partial charge in [-0.2, -0.15) is 0 Å². The zero-order valence-corrected chi connectivity index (χ0v) is 13.1. The molecule has 3 heteroatoms. The molecule has 0 amide bonds. The summed E-state index contributed by atoms with van der Waals surface area (Å²) in [6.45, 7) is 4.81. The van der Waals surface area contributed by atoms with E-state index in [1.807, 2.05) is 0 Å². The fourth-order valence-electron chi connectivity index (χ4n) is 3.32. The number of rotatable bonds is 3. The second-order valence-corrected chi connectivity index (χ2v) is 6.75. The van der Waals surface area contributed by atoms with Crippen molar-refractivity contribution >= 4 is 21.6 Å². The predicted molar refractivity (Wildman–Crippen MR) is 84.9 cm³/mol. The average Bonchev–Trinajstić information content (AvgIpc) is 2.94. The maximum absolute atomic E-state index is 3.76. The number of benzene rings is 1. The van der Waals surface area contributed by atoms with Crippen molar-refractivity contribution in [3.63, 3.8) is 0 Å². The number of piperidine rings is 1. The zero-order valence-electron chi connectivity index (χ0n) is 11.5. The van der Waals surface area contributed by atoms with E-state index in [4.69, 9.17) is 0 Å². The van der Waals surface area contributed by atoms with Gasteiger partial charge in [-0.05, 0) is 84.7 Å². The van der Waals surface area contributed by atoms with Gasteiger partial charge in [-0.15, -0.1) is 0 Å². The van der Waals surface area contributed by atoms with Crippen molar-refractivity contribution in [2.45, 2.75) is 32.1 Å². The highest BCUT2D eigenvalue weighted by molar-refractivity contribution is 9.10. The largest absolute Gasteiger partial charge is 0.371 e. The lowest BCUT2D eigenvalue weighted by molar-refractivity contribution is 0.376. The molecule has 0 aliphatic carbocycles. The van der Waals surface area contributed by atoms with Gasteiger partial charge in [-0.25, -0.2) is 0 Å². The summed E-state index contributed by atoms with van der Waals surface area (Å²) < 4.78 is 1.27. The van der Waals surface area contributed by atoms with Gasteiger partial charge in [-0.3, -0.25) is 0 Å². The molecule has 0 spiro atoms. The van der Waals surface area contributed by atoms with E-state index in [1.165, 1.54) is 74.0 Å². The van der Waals surface area contributed by atoms with Gasteiger partial charge in [0.2, 0.25) is 0 Å². The van der Waals surface area contributed by atoms with E-state index in [1.54, 1.807) is 0 Å². The third-order valence-corrected chi connectivity index (χ3v) is 5.02. The summed E-state index contributed by atoms with van der Waals surface area (Å²) in [4.78, 5) is 2.50. The summed E-state index contributed by atoms with van der Waals surface area (Å²) in [5, 5.41) is 3.51. The van der Waals surface area contributed by atoms with E-state index in [2.05, 4.69) is 44.3 Å². The molecule has 0 bridgehead atoms. The minimum atomic E-state index is 0.818. The summed E-state index contributed by atoms with van der Waals surface area (Å²) in [6, 6.07) is 6.97. The van der Waals surface area contributed by atoms with Crippen LogP contribution in [0.2, 0.25) is 0 Å². The van der Waals surface area contributed by atoms with Crippen molar-refractivity contribution in [1.29, 1.82) is 0 Å². The van der Waals surface area contributed by atoms with Crippen LogP contribution in [0.3, 0.4) is 0 Å². The molecule has 3 rings (SSSR count). The molecule has 1 N–H and O–H groups in total. The summed E-state index contributed by atoms with van der Waals surface area (Å²) in [5.41, 5.74) is 2.85. The Morgan fingerprint density at radius 2 is 2.05 bits per heavy atom. The Kier molecular flexibility index (Phi) is 4.44. The molecule has 2 aliphatic heterocycles. The molecular weight excluding hydrogens is 300 g/mol. The van der Waals surface area contributed by atoms with E-state index < -0.39 is 0 Å². The van der Waals surface area contributed by atoms with E-state index in [-0.39, 0.29) is 0 Å². The van der Waals surface area contributed by atoms with Crippen molar-refractivity contribution in [3.05, 3.63) is 28.2 Å². The van der Waals surface area contributed by atoms with Gasteiger partial charge in [-0.1, -0.05) is 6.07 Å². The van der Waals surface area contributed by atoms with Gasteiger partial charge in [0.05, 0.1) is 5.69 Å². The smallest absolute Gasteiger partial charge is 0.0510 e. The number of hydrogen-bond donors (Lipinski definition) is 1. The van der Waals surface area contributed by atoms with Crippen LogP contribution in [0.1, 0.15) is 31.2 Å². The molecule has 2 heterocycles. The first-order chi connectivity index (χ1) is 9.33. The Labute approximate surface area is 124 Å². The standard InChI is InChI=1S/C16H23BrN2/c17-15-11-13(10-14-4-3-7-18-12-14)5-6-16(15)19-8-1-2-9-19/h5-6,11,14,18H,1-4,7-10,12H2. The van der Waals surface area contributed by atoms with Crippen LogP contribution in [-0.2, 0) is 6.42 Å².